The Morgan fingerprint density at radius 3 is 2.82 bits per heavy atom. The first kappa shape index (κ1) is 13.3. The second-order valence-electron chi connectivity index (χ2n) is 3.70. The molecule has 5 nitrogen and oxygen atoms in total. The fraction of sp³-hybridized carbons (Fsp3) is 0.417. The Kier molecular flexibility index (Phi) is 5.29. The fourth-order valence-corrected chi connectivity index (χ4v) is 1.43. The number of methoxy groups -OCH3 is 1. The van der Waals surface area contributed by atoms with Gasteiger partial charge in [0.15, 0.2) is 0 Å². The zero-order valence-corrected chi connectivity index (χ0v) is 10.0. The summed E-state index contributed by atoms with van der Waals surface area (Å²) >= 11 is 0. The summed E-state index contributed by atoms with van der Waals surface area (Å²) in [5.74, 6) is 0.435. The third-order valence-electron chi connectivity index (χ3n) is 2.42. The van der Waals surface area contributed by atoms with Crippen molar-refractivity contribution < 1.29 is 9.53 Å². The van der Waals surface area contributed by atoms with Crippen LogP contribution in [0.25, 0.3) is 0 Å². The van der Waals surface area contributed by atoms with Gasteiger partial charge in [-0.2, -0.15) is 0 Å². The molecule has 0 fully saturated rings. The zero-order valence-electron chi connectivity index (χ0n) is 10.0. The van der Waals surface area contributed by atoms with Gasteiger partial charge in [0.25, 0.3) is 5.91 Å². The van der Waals surface area contributed by atoms with Crippen molar-refractivity contribution in [2.24, 2.45) is 5.73 Å². The zero-order chi connectivity index (χ0) is 12.7. The van der Waals surface area contributed by atoms with Gasteiger partial charge in [0.2, 0.25) is 0 Å². The number of carbonyl (C=O) groups is 1. The monoisotopic (exact) mass is 237 g/mol. The summed E-state index contributed by atoms with van der Waals surface area (Å²) in [4.78, 5) is 11.8. The molecular weight excluding hydrogens is 218 g/mol. The molecule has 1 aromatic rings. The number of nitrogens with one attached hydrogen (secondary N) is 1. The van der Waals surface area contributed by atoms with Gasteiger partial charge in [-0.1, -0.05) is 0 Å². The maximum absolute atomic E-state index is 11.8. The first-order chi connectivity index (χ1) is 8.19. The highest BCUT2D eigenvalue weighted by Crippen LogP contribution is 2.19. The van der Waals surface area contributed by atoms with Crippen LogP contribution in [0.4, 0.5) is 5.69 Å². The Morgan fingerprint density at radius 1 is 1.41 bits per heavy atom. The molecule has 0 saturated carbocycles. The number of hydrogen-bond donors (Lipinski definition) is 3. The molecule has 1 amide bonds. The maximum atomic E-state index is 11.8. The van der Waals surface area contributed by atoms with Gasteiger partial charge in [-0.3, -0.25) is 4.79 Å². The number of unbranched alkanes of at least 4 members (excludes halogenated alkanes) is 1. The van der Waals surface area contributed by atoms with Gasteiger partial charge in [-0.05, 0) is 37.6 Å². The Balaban J connectivity index is 2.61. The summed E-state index contributed by atoms with van der Waals surface area (Å²) < 4.78 is 5.05. The Bertz CT molecular complexity index is 380. The molecule has 0 aliphatic rings. The molecule has 0 radical (unpaired) electrons. The minimum Gasteiger partial charge on any atom is -0.497 e. The van der Waals surface area contributed by atoms with E-state index in [4.69, 9.17) is 16.2 Å². The Morgan fingerprint density at radius 2 is 2.18 bits per heavy atom. The van der Waals surface area contributed by atoms with E-state index < -0.39 is 0 Å². The molecule has 0 heterocycles. The number of hydrogen-bond acceptors (Lipinski definition) is 4. The molecule has 0 unspecified atom stereocenters. The average Bonchev–Trinajstić information content (AvgIpc) is 2.35. The van der Waals surface area contributed by atoms with Crippen LogP contribution >= 0.6 is 0 Å². The SMILES string of the molecule is COc1ccc(N)c(C(=O)NCCCCN)c1. The summed E-state index contributed by atoms with van der Waals surface area (Å²) in [5, 5.41) is 2.80. The lowest BCUT2D eigenvalue weighted by molar-refractivity contribution is 0.0953. The van der Waals surface area contributed by atoms with E-state index in [2.05, 4.69) is 5.32 Å². The molecule has 0 saturated heterocycles. The van der Waals surface area contributed by atoms with Crippen molar-refractivity contribution >= 4 is 11.6 Å². The predicted octanol–water partition coefficient (Wildman–Crippen LogP) is 0.746. The summed E-state index contributed by atoms with van der Waals surface area (Å²) in [6.07, 6.45) is 1.76. The van der Waals surface area contributed by atoms with Gasteiger partial charge in [0.05, 0.1) is 12.7 Å². The van der Waals surface area contributed by atoms with Crippen LogP contribution in [0.15, 0.2) is 18.2 Å². The minimum absolute atomic E-state index is 0.182. The third-order valence-corrected chi connectivity index (χ3v) is 2.42. The molecule has 1 aromatic carbocycles. The van der Waals surface area contributed by atoms with Crippen molar-refractivity contribution in [3.05, 3.63) is 23.8 Å². The van der Waals surface area contributed by atoms with E-state index in [1.54, 1.807) is 25.3 Å². The lowest BCUT2D eigenvalue weighted by Gasteiger charge is -2.08. The first-order valence-electron chi connectivity index (χ1n) is 5.61. The van der Waals surface area contributed by atoms with E-state index in [1.165, 1.54) is 0 Å². The van der Waals surface area contributed by atoms with Gasteiger partial charge in [-0.15, -0.1) is 0 Å². The van der Waals surface area contributed by atoms with E-state index in [9.17, 15) is 4.79 Å². The number of rotatable bonds is 6. The maximum Gasteiger partial charge on any atom is 0.253 e. The van der Waals surface area contributed by atoms with Crippen LogP contribution < -0.4 is 21.5 Å². The normalized spacial score (nSPS) is 10.0. The molecule has 94 valence electrons. The molecule has 0 aliphatic carbocycles. The number of amides is 1. The van der Waals surface area contributed by atoms with Crippen molar-refractivity contribution in [1.29, 1.82) is 0 Å². The van der Waals surface area contributed by atoms with Gasteiger partial charge >= 0.3 is 0 Å². The molecule has 1 rings (SSSR count). The number of nitrogen functional groups attached to an aromatic ring is 1. The molecule has 5 N–H and O–H groups in total. The fourth-order valence-electron chi connectivity index (χ4n) is 1.43. The quantitative estimate of drug-likeness (QED) is 0.503. The smallest absolute Gasteiger partial charge is 0.253 e. The van der Waals surface area contributed by atoms with Gasteiger partial charge in [0, 0.05) is 12.2 Å². The molecule has 17 heavy (non-hydrogen) atoms. The van der Waals surface area contributed by atoms with Crippen molar-refractivity contribution in [3.8, 4) is 5.75 Å². The van der Waals surface area contributed by atoms with Crippen LogP contribution in [-0.4, -0.2) is 26.1 Å². The van der Waals surface area contributed by atoms with Gasteiger partial charge in [0.1, 0.15) is 5.75 Å². The molecule has 0 spiro atoms. The van der Waals surface area contributed by atoms with Crippen molar-refractivity contribution in [1.82, 2.24) is 5.32 Å². The van der Waals surface area contributed by atoms with Crippen LogP contribution in [-0.2, 0) is 0 Å². The molecule has 0 atom stereocenters. The summed E-state index contributed by atoms with van der Waals surface area (Å²) in [6, 6.07) is 5.02. The molecule has 0 aromatic heterocycles. The van der Waals surface area contributed by atoms with Crippen molar-refractivity contribution in [2.45, 2.75) is 12.8 Å². The van der Waals surface area contributed by atoms with E-state index in [0.29, 0.717) is 30.1 Å². The van der Waals surface area contributed by atoms with E-state index in [1.807, 2.05) is 0 Å². The lowest BCUT2D eigenvalue weighted by atomic mass is 10.1. The standard InChI is InChI=1S/C12H19N3O2/c1-17-9-4-5-11(14)10(8-9)12(16)15-7-3-2-6-13/h4-5,8H,2-3,6-7,13-14H2,1H3,(H,15,16). The number of carbonyl (C=O) groups excluding carboxylic acids is 1. The number of ether oxygens (including phenoxy) is 1. The minimum atomic E-state index is -0.182. The third kappa shape index (κ3) is 3.96. The Hall–Kier alpha value is -1.75. The highest BCUT2D eigenvalue weighted by atomic mass is 16.5. The second kappa shape index (κ2) is 6.75. The summed E-state index contributed by atoms with van der Waals surface area (Å²) in [6.45, 7) is 1.24. The predicted molar refractivity (Wildman–Crippen MR) is 68.0 cm³/mol. The molecule has 5 heteroatoms. The number of nitrogens with two attached hydrogens (primary N) is 2. The van der Waals surface area contributed by atoms with Crippen LogP contribution in [0.3, 0.4) is 0 Å². The molecular formula is C12H19N3O2. The second-order valence-corrected chi connectivity index (χ2v) is 3.70. The van der Waals surface area contributed by atoms with E-state index in [-0.39, 0.29) is 5.91 Å². The lowest BCUT2D eigenvalue weighted by Crippen LogP contribution is -2.25. The average molecular weight is 237 g/mol. The topological polar surface area (TPSA) is 90.4 Å². The van der Waals surface area contributed by atoms with Crippen LogP contribution in [0.2, 0.25) is 0 Å². The van der Waals surface area contributed by atoms with Crippen molar-refractivity contribution in [3.63, 3.8) is 0 Å². The summed E-state index contributed by atoms with van der Waals surface area (Å²) in [7, 11) is 1.55. The largest absolute Gasteiger partial charge is 0.497 e. The van der Waals surface area contributed by atoms with E-state index >= 15 is 0 Å². The Labute approximate surface area is 101 Å². The number of anilines is 1. The van der Waals surface area contributed by atoms with Crippen LogP contribution in [0.1, 0.15) is 23.2 Å². The summed E-state index contributed by atoms with van der Waals surface area (Å²) in [5.41, 5.74) is 12.0. The van der Waals surface area contributed by atoms with Gasteiger partial charge in [-0.25, -0.2) is 0 Å². The molecule has 0 bridgehead atoms. The van der Waals surface area contributed by atoms with Crippen LogP contribution in [0.5, 0.6) is 5.75 Å². The highest BCUT2D eigenvalue weighted by Gasteiger charge is 2.10. The highest BCUT2D eigenvalue weighted by molar-refractivity contribution is 5.99. The van der Waals surface area contributed by atoms with Gasteiger partial charge < -0.3 is 21.5 Å². The van der Waals surface area contributed by atoms with Crippen molar-refractivity contribution in [2.75, 3.05) is 25.9 Å². The van der Waals surface area contributed by atoms with Crippen LogP contribution in [0, 0.1) is 0 Å². The van der Waals surface area contributed by atoms with E-state index in [0.717, 1.165) is 12.8 Å². The molecule has 0 aliphatic heterocycles. The number of benzene rings is 1. The first-order valence-corrected chi connectivity index (χ1v) is 5.61.